The molecule has 3 rings (SSSR count). The van der Waals surface area contributed by atoms with E-state index < -0.39 is 0 Å². The van der Waals surface area contributed by atoms with E-state index in [4.69, 9.17) is 11.6 Å². The molecule has 1 heterocycles. The van der Waals surface area contributed by atoms with Gasteiger partial charge in [0.15, 0.2) is 0 Å². The van der Waals surface area contributed by atoms with E-state index >= 15 is 0 Å². The third kappa shape index (κ3) is 2.93. The molecule has 0 bridgehead atoms. The van der Waals surface area contributed by atoms with Gasteiger partial charge in [0.05, 0.1) is 29.1 Å². The van der Waals surface area contributed by atoms with Crippen molar-refractivity contribution < 1.29 is 0 Å². The van der Waals surface area contributed by atoms with Crippen molar-refractivity contribution in [2.24, 2.45) is 0 Å². The van der Waals surface area contributed by atoms with Gasteiger partial charge >= 0.3 is 0 Å². The maximum Gasteiger partial charge on any atom is 0.110 e. The van der Waals surface area contributed by atoms with Crippen LogP contribution in [0.2, 0.25) is 5.02 Å². The lowest BCUT2D eigenvalue weighted by Crippen LogP contribution is -2.07. The molecule has 106 valence electrons. The minimum atomic E-state index is 0.666. The first kappa shape index (κ1) is 13.7. The van der Waals surface area contributed by atoms with Crippen LogP contribution in [0.4, 0.5) is 5.69 Å². The van der Waals surface area contributed by atoms with Crippen molar-refractivity contribution in [3.05, 3.63) is 77.3 Å². The van der Waals surface area contributed by atoms with Crippen LogP contribution < -0.4 is 5.32 Å². The summed E-state index contributed by atoms with van der Waals surface area (Å²) in [6.07, 6.45) is 1.90. The molecular formula is C17H16ClN3. The van der Waals surface area contributed by atoms with E-state index in [0.717, 1.165) is 27.9 Å². The second kappa shape index (κ2) is 6.02. The lowest BCUT2D eigenvalue weighted by molar-refractivity contribution is 0.900. The van der Waals surface area contributed by atoms with E-state index in [1.165, 1.54) is 0 Å². The molecule has 0 atom stereocenters. The second-order valence-electron chi connectivity index (χ2n) is 4.80. The molecule has 3 nitrogen and oxygen atoms in total. The van der Waals surface area contributed by atoms with Crippen LogP contribution in [0.25, 0.3) is 5.69 Å². The molecule has 0 unspecified atom stereocenters. The van der Waals surface area contributed by atoms with E-state index in [1.54, 1.807) is 0 Å². The Morgan fingerprint density at radius 3 is 2.52 bits per heavy atom. The molecule has 0 aliphatic heterocycles. The van der Waals surface area contributed by atoms with Crippen LogP contribution in [0.1, 0.15) is 11.5 Å². The van der Waals surface area contributed by atoms with Gasteiger partial charge in [0.25, 0.3) is 0 Å². The predicted octanol–water partition coefficient (Wildman–Crippen LogP) is 4.45. The van der Waals surface area contributed by atoms with Gasteiger partial charge in [-0.3, -0.25) is 4.57 Å². The first-order valence-electron chi connectivity index (χ1n) is 6.83. The van der Waals surface area contributed by atoms with Crippen LogP contribution in [-0.2, 0) is 6.54 Å². The van der Waals surface area contributed by atoms with Crippen molar-refractivity contribution in [2.45, 2.75) is 13.5 Å². The second-order valence-corrected chi connectivity index (χ2v) is 5.21. The highest BCUT2D eigenvalue weighted by Gasteiger charge is 2.08. The summed E-state index contributed by atoms with van der Waals surface area (Å²) < 4.78 is 2.14. The number of anilines is 1. The number of hydrogen-bond acceptors (Lipinski definition) is 2. The molecule has 0 amide bonds. The fourth-order valence-corrected chi connectivity index (χ4v) is 2.54. The summed E-state index contributed by atoms with van der Waals surface area (Å²) >= 11 is 6.17. The van der Waals surface area contributed by atoms with Crippen LogP contribution in [0.3, 0.4) is 0 Å². The van der Waals surface area contributed by atoms with Crippen molar-refractivity contribution in [1.82, 2.24) is 9.55 Å². The zero-order chi connectivity index (χ0) is 14.7. The third-order valence-corrected chi connectivity index (χ3v) is 3.69. The maximum atomic E-state index is 6.17. The standard InChI is InChI=1S/C17H16ClN3/c1-13-19-11-15(21(13)14-7-3-2-4-8-14)12-20-17-10-6-5-9-16(17)18/h2-11,20H,12H2,1H3. The fourth-order valence-electron chi connectivity index (χ4n) is 2.34. The van der Waals surface area contributed by atoms with Gasteiger partial charge in [-0.05, 0) is 31.2 Å². The van der Waals surface area contributed by atoms with E-state index in [2.05, 4.69) is 27.0 Å². The number of halogens is 1. The van der Waals surface area contributed by atoms with Crippen LogP contribution in [0.15, 0.2) is 60.8 Å². The van der Waals surface area contributed by atoms with Gasteiger partial charge in [-0.1, -0.05) is 41.9 Å². The fraction of sp³-hybridized carbons (Fsp3) is 0.118. The molecule has 0 radical (unpaired) electrons. The van der Waals surface area contributed by atoms with Crippen molar-refractivity contribution in [1.29, 1.82) is 0 Å². The van der Waals surface area contributed by atoms with Crippen molar-refractivity contribution in [3.8, 4) is 5.69 Å². The van der Waals surface area contributed by atoms with E-state index in [0.29, 0.717) is 6.54 Å². The molecule has 3 aromatic rings. The molecule has 1 aromatic heterocycles. The first-order chi connectivity index (χ1) is 10.3. The Kier molecular flexibility index (Phi) is 3.93. The summed E-state index contributed by atoms with van der Waals surface area (Å²) in [6, 6.07) is 18.0. The average Bonchev–Trinajstić information content (AvgIpc) is 2.88. The molecule has 0 aliphatic carbocycles. The third-order valence-electron chi connectivity index (χ3n) is 3.36. The van der Waals surface area contributed by atoms with Gasteiger partial charge in [-0.25, -0.2) is 4.98 Å². The first-order valence-corrected chi connectivity index (χ1v) is 7.20. The normalized spacial score (nSPS) is 10.6. The molecular weight excluding hydrogens is 282 g/mol. The molecule has 0 saturated heterocycles. The van der Waals surface area contributed by atoms with Crippen LogP contribution in [0.5, 0.6) is 0 Å². The summed E-state index contributed by atoms with van der Waals surface area (Å²) in [5, 5.41) is 4.08. The number of para-hydroxylation sites is 2. The lowest BCUT2D eigenvalue weighted by atomic mass is 10.3. The van der Waals surface area contributed by atoms with E-state index in [1.807, 2.05) is 55.6 Å². The molecule has 1 N–H and O–H groups in total. The molecule has 0 saturated carbocycles. The molecule has 21 heavy (non-hydrogen) atoms. The number of imidazole rings is 1. The van der Waals surface area contributed by atoms with Crippen LogP contribution in [0, 0.1) is 6.92 Å². The summed E-state index contributed by atoms with van der Waals surface area (Å²) in [4.78, 5) is 4.42. The molecule has 0 fully saturated rings. The highest BCUT2D eigenvalue weighted by molar-refractivity contribution is 6.33. The summed E-state index contributed by atoms with van der Waals surface area (Å²) in [5.74, 6) is 0.970. The largest absolute Gasteiger partial charge is 0.378 e. The van der Waals surface area contributed by atoms with Gasteiger partial charge < -0.3 is 5.32 Å². The molecule has 0 aliphatic rings. The highest BCUT2D eigenvalue weighted by atomic mass is 35.5. The number of hydrogen-bond donors (Lipinski definition) is 1. The SMILES string of the molecule is Cc1ncc(CNc2ccccc2Cl)n1-c1ccccc1. The highest BCUT2D eigenvalue weighted by Crippen LogP contribution is 2.22. The van der Waals surface area contributed by atoms with Crippen LogP contribution >= 0.6 is 11.6 Å². The van der Waals surface area contributed by atoms with Gasteiger partial charge in [0.2, 0.25) is 0 Å². The van der Waals surface area contributed by atoms with E-state index in [-0.39, 0.29) is 0 Å². The Bertz CT molecular complexity index is 735. The number of aromatic nitrogens is 2. The maximum absolute atomic E-state index is 6.17. The quantitative estimate of drug-likeness (QED) is 0.771. The number of benzene rings is 2. The summed E-state index contributed by atoms with van der Waals surface area (Å²) in [5.41, 5.74) is 3.14. The topological polar surface area (TPSA) is 29.9 Å². The lowest BCUT2D eigenvalue weighted by Gasteiger charge is -2.12. The zero-order valence-corrected chi connectivity index (χ0v) is 12.5. The summed E-state index contributed by atoms with van der Waals surface area (Å²) in [6.45, 7) is 2.67. The Hall–Kier alpha value is -2.26. The average molecular weight is 298 g/mol. The Morgan fingerprint density at radius 2 is 1.76 bits per heavy atom. The number of nitrogens with zero attached hydrogens (tertiary/aromatic N) is 2. The minimum Gasteiger partial charge on any atom is -0.378 e. The number of rotatable bonds is 4. The van der Waals surface area contributed by atoms with Crippen LogP contribution in [-0.4, -0.2) is 9.55 Å². The Balaban J connectivity index is 1.86. The van der Waals surface area contributed by atoms with Crippen molar-refractivity contribution in [3.63, 3.8) is 0 Å². The van der Waals surface area contributed by atoms with E-state index in [9.17, 15) is 0 Å². The molecule has 4 heteroatoms. The smallest absolute Gasteiger partial charge is 0.110 e. The number of aryl methyl sites for hydroxylation is 1. The van der Waals surface area contributed by atoms with Crippen molar-refractivity contribution >= 4 is 17.3 Å². The summed E-state index contributed by atoms with van der Waals surface area (Å²) in [7, 11) is 0. The monoisotopic (exact) mass is 297 g/mol. The van der Waals surface area contributed by atoms with Gasteiger partial charge in [0, 0.05) is 5.69 Å². The Labute approximate surface area is 129 Å². The molecule has 0 spiro atoms. The van der Waals surface area contributed by atoms with Gasteiger partial charge in [-0.15, -0.1) is 0 Å². The van der Waals surface area contributed by atoms with Crippen molar-refractivity contribution in [2.75, 3.05) is 5.32 Å². The number of nitrogens with one attached hydrogen (secondary N) is 1. The van der Waals surface area contributed by atoms with Gasteiger partial charge in [-0.2, -0.15) is 0 Å². The zero-order valence-electron chi connectivity index (χ0n) is 11.8. The predicted molar refractivity (Wildman–Crippen MR) is 87.1 cm³/mol. The van der Waals surface area contributed by atoms with Gasteiger partial charge in [0.1, 0.15) is 5.82 Å². The minimum absolute atomic E-state index is 0.666. The molecule has 2 aromatic carbocycles. The Morgan fingerprint density at radius 1 is 1.05 bits per heavy atom.